The Morgan fingerprint density at radius 3 is 2.70 bits per heavy atom. The fourth-order valence-electron chi connectivity index (χ4n) is 2.25. The molecule has 0 aliphatic rings. The van der Waals surface area contributed by atoms with Crippen molar-refractivity contribution in [2.45, 2.75) is 0 Å². The Balaban J connectivity index is 2.11. The highest BCUT2D eigenvalue weighted by Gasteiger charge is 2.12. The SMILES string of the molecule is COc1ccc(OC)c(-c2csc(=Nc3ccccn3)n2C)c1. The van der Waals surface area contributed by atoms with E-state index in [4.69, 9.17) is 9.47 Å². The van der Waals surface area contributed by atoms with Gasteiger partial charge in [-0.05, 0) is 30.3 Å². The van der Waals surface area contributed by atoms with Gasteiger partial charge in [0, 0.05) is 24.2 Å². The summed E-state index contributed by atoms with van der Waals surface area (Å²) in [5.41, 5.74) is 1.98. The van der Waals surface area contributed by atoms with Crippen molar-refractivity contribution in [3.8, 4) is 22.8 Å². The van der Waals surface area contributed by atoms with Crippen LogP contribution in [0.2, 0.25) is 0 Å². The van der Waals surface area contributed by atoms with Gasteiger partial charge in [-0.2, -0.15) is 0 Å². The first kappa shape index (κ1) is 15.3. The zero-order valence-electron chi connectivity index (χ0n) is 13.2. The van der Waals surface area contributed by atoms with E-state index in [9.17, 15) is 0 Å². The van der Waals surface area contributed by atoms with E-state index in [1.165, 1.54) is 0 Å². The van der Waals surface area contributed by atoms with Crippen LogP contribution in [0.5, 0.6) is 11.5 Å². The molecule has 118 valence electrons. The van der Waals surface area contributed by atoms with Crippen molar-refractivity contribution in [2.75, 3.05) is 14.2 Å². The quantitative estimate of drug-likeness (QED) is 0.738. The third-order valence-electron chi connectivity index (χ3n) is 3.47. The second-order valence-corrected chi connectivity index (χ2v) is 5.67. The fourth-order valence-corrected chi connectivity index (χ4v) is 3.15. The van der Waals surface area contributed by atoms with Crippen molar-refractivity contribution in [1.82, 2.24) is 9.55 Å². The zero-order valence-corrected chi connectivity index (χ0v) is 14.0. The van der Waals surface area contributed by atoms with Gasteiger partial charge in [-0.25, -0.2) is 9.98 Å². The molecule has 0 aliphatic heterocycles. The molecule has 5 nitrogen and oxygen atoms in total. The lowest BCUT2D eigenvalue weighted by Gasteiger charge is -2.11. The second kappa shape index (κ2) is 6.66. The average molecular weight is 327 g/mol. The lowest BCUT2D eigenvalue weighted by molar-refractivity contribution is 0.404. The Bertz CT molecular complexity index is 869. The third-order valence-corrected chi connectivity index (χ3v) is 4.38. The summed E-state index contributed by atoms with van der Waals surface area (Å²) in [6, 6.07) is 11.4. The molecule has 0 atom stereocenters. The molecule has 0 N–H and O–H groups in total. The smallest absolute Gasteiger partial charge is 0.191 e. The Labute approximate surface area is 138 Å². The van der Waals surface area contributed by atoms with Crippen LogP contribution in [0.25, 0.3) is 11.3 Å². The summed E-state index contributed by atoms with van der Waals surface area (Å²) in [5, 5.41) is 2.05. The van der Waals surface area contributed by atoms with Crippen LogP contribution in [0.3, 0.4) is 0 Å². The number of pyridine rings is 1. The van der Waals surface area contributed by atoms with Crippen LogP contribution < -0.4 is 14.3 Å². The number of methoxy groups -OCH3 is 2. The first-order chi connectivity index (χ1) is 11.2. The molecule has 1 aromatic carbocycles. The number of hydrogen-bond acceptors (Lipinski definition) is 5. The van der Waals surface area contributed by atoms with Gasteiger partial charge in [0.05, 0.1) is 19.9 Å². The molecule has 0 unspecified atom stereocenters. The second-order valence-electron chi connectivity index (χ2n) is 4.83. The molecule has 0 bridgehead atoms. The summed E-state index contributed by atoms with van der Waals surface area (Å²) in [6.07, 6.45) is 1.73. The number of benzene rings is 1. The maximum absolute atomic E-state index is 5.47. The molecular formula is C17H17N3O2S. The third kappa shape index (κ3) is 3.12. The molecule has 2 aromatic heterocycles. The molecule has 3 rings (SSSR count). The number of nitrogens with zero attached hydrogens (tertiary/aromatic N) is 3. The van der Waals surface area contributed by atoms with Gasteiger partial charge in [0.1, 0.15) is 11.5 Å². The molecule has 3 aromatic rings. The summed E-state index contributed by atoms with van der Waals surface area (Å²) >= 11 is 1.56. The number of ether oxygens (including phenoxy) is 2. The monoisotopic (exact) mass is 327 g/mol. The highest BCUT2D eigenvalue weighted by atomic mass is 32.1. The topological polar surface area (TPSA) is 48.6 Å². The van der Waals surface area contributed by atoms with Crippen LogP contribution in [0.1, 0.15) is 0 Å². The van der Waals surface area contributed by atoms with Crippen molar-refractivity contribution in [1.29, 1.82) is 0 Å². The van der Waals surface area contributed by atoms with E-state index in [-0.39, 0.29) is 0 Å². The van der Waals surface area contributed by atoms with Crippen LogP contribution in [0.4, 0.5) is 5.82 Å². The summed E-state index contributed by atoms with van der Waals surface area (Å²) in [6.45, 7) is 0. The Morgan fingerprint density at radius 2 is 2.00 bits per heavy atom. The van der Waals surface area contributed by atoms with E-state index < -0.39 is 0 Å². The zero-order chi connectivity index (χ0) is 16.2. The predicted octanol–water partition coefficient (Wildman–Crippen LogP) is 3.40. The molecule has 23 heavy (non-hydrogen) atoms. The van der Waals surface area contributed by atoms with Gasteiger partial charge in [-0.1, -0.05) is 6.07 Å². The summed E-state index contributed by atoms with van der Waals surface area (Å²) in [4.78, 5) is 9.69. The first-order valence-corrected chi connectivity index (χ1v) is 7.93. The van der Waals surface area contributed by atoms with E-state index in [0.29, 0.717) is 5.82 Å². The van der Waals surface area contributed by atoms with Gasteiger partial charge >= 0.3 is 0 Å². The molecule has 0 saturated heterocycles. The highest BCUT2D eigenvalue weighted by Crippen LogP contribution is 2.33. The molecule has 0 saturated carbocycles. The maximum Gasteiger partial charge on any atom is 0.191 e. The minimum atomic E-state index is 0.689. The molecule has 0 radical (unpaired) electrons. The lowest BCUT2D eigenvalue weighted by atomic mass is 10.1. The summed E-state index contributed by atoms with van der Waals surface area (Å²) in [7, 11) is 5.30. The van der Waals surface area contributed by atoms with Gasteiger partial charge in [-0.3, -0.25) is 0 Å². The van der Waals surface area contributed by atoms with Crippen molar-refractivity contribution >= 4 is 17.2 Å². The van der Waals surface area contributed by atoms with Crippen LogP contribution in [0, 0.1) is 0 Å². The molecular weight excluding hydrogens is 310 g/mol. The minimum Gasteiger partial charge on any atom is -0.497 e. The lowest BCUT2D eigenvalue weighted by Crippen LogP contribution is -2.11. The Hall–Kier alpha value is -2.60. The van der Waals surface area contributed by atoms with Gasteiger partial charge in [0.25, 0.3) is 0 Å². The minimum absolute atomic E-state index is 0.689. The maximum atomic E-state index is 5.47. The van der Waals surface area contributed by atoms with Crippen LogP contribution in [0.15, 0.2) is 53.0 Å². The van der Waals surface area contributed by atoms with Crippen molar-refractivity contribution in [3.63, 3.8) is 0 Å². The molecule has 0 amide bonds. The standard InChI is InChI=1S/C17H17N3O2S/c1-20-14(13-10-12(21-2)7-8-15(13)22-3)11-23-17(20)19-16-6-4-5-9-18-16/h4-11H,1-3H3. The van der Waals surface area contributed by atoms with Gasteiger partial charge < -0.3 is 14.0 Å². The summed E-state index contributed by atoms with van der Waals surface area (Å²) in [5.74, 6) is 2.27. The van der Waals surface area contributed by atoms with Crippen LogP contribution >= 0.6 is 11.3 Å². The van der Waals surface area contributed by atoms with Crippen molar-refractivity contribution in [2.24, 2.45) is 12.0 Å². The average Bonchev–Trinajstić information content (AvgIpc) is 2.96. The molecule has 0 spiro atoms. The molecule has 6 heteroatoms. The first-order valence-electron chi connectivity index (χ1n) is 7.05. The normalized spacial score (nSPS) is 11.5. The van der Waals surface area contributed by atoms with E-state index in [2.05, 4.69) is 15.4 Å². The Morgan fingerprint density at radius 1 is 1.13 bits per heavy atom. The van der Waals surface area contributed by atoms with Gasteiger partial charge in [0.2, 0.25) is 0 Å². The number of rotatable bonds is 4. The van der Waals surface area contributed by atoms with Crippen LogP contribution in [-0.2, 0) is 7.05 Å². The summed E-state index contributed by atoms with van der Waals surface area (Å²) < 4.78 is 12.8. The predicted molar refractivity (Wildman–Crippen MR) is 91.3 cm³/mol. The number of aromatic nitrogens is 2. The largest absolute Gasteiger partial charge is 0.497 e. The van der Waals surface area contributed by atoms with E-state index in [0.717, 1.165) is 27.6 Å². The number of hydrogen-bond donors (Lipinski definition) is 0. The fraction of sp³-hybridized carbons (Fsp3) is 0.176. The van der Waals surface area contributed by atoms with E-state index >= 15 is 0 Å². The van der Waals surface area contributed by atoms with E-state index in [1.807, 2.05) is 48.0 Å². The Kier molecular flexibility index (Phi) is 4.43. The molecule has 0 aliphatic carbocycles. The number of thiazole rings is 1. The van der Waals surface area contributed by atoms with E-state index in [1.54, 1.807) is 31.8 Å². The van der Waals surface area contributed by atoms with Gasteiger partial charge in [-0.15, -0.1) is 11.3 Å². The molecule has 2 heterocycles. The van der Waals surface area contributed by atoms with Crippen molar-refractivity contribution < 1.29 is 9.47 Å². The molecule has 0 fully saturated rings. The van der Waals surface area contributed by atoms with Crippen molar-refractivity contribution in [3.05, 3.63) is 52.8 Å². The van der Waals surface area contributed by atoms with Gasteiger partial charge in [0.15, 0.2) is 10.6 Å². The highest BCUT2D eigenvalue weighted by molar-refractivity contribution is 7.07. The van der Waals surface area contributed by atoms with Crippen LogP contribution in [-0.4, -0.2) is 23.8 Å².